The van der Waals surface area contributed by atoms with Crippen LogP contribution in [0.2, 0.25) is 0 Å². The molecule has 0 amide bonds. The van der Waals surface area contributed by atoms with Crippen molar-refractivity contribution in [2.24, 2.45) is 5.41 Å². The topological polar surface area (TPSA) is 3.24 Å². The number of hydrogen-bond acceptors (Lipinski definition) is 1. The fourth-order valence-electron chi connectivity index (χ4n) is 5.22. The van der Waals surface area contributed by atoms with Crippen LogP contribution in [0.5, 0.6) is 0 Å². The monoisotopic (exact) mass is 373 g/mol. The summed E-state index contributed by atoms with van der Waals surface area (Å²) in [7, 11) is 0. The first-order chi connectivity index (χ1) is 13.7. The van der Waals surface area contributed by atoms with E-state index in [0.717, 1.165) is 13.0 Å². The molecule has 1 aliphatic heterocycles. The SMILES string of the molecule is C=C/C=C1\C(=C/C)N(Cc2ccccc2)C(/C=C\C)=C(CCC)C12CCCC2. The zero-order valence-corrected chi connectivity index (χ0v) is 17.9. The highest BCUT2D eigenvalue weighted by Crippen LogP contribution is 2.58. The van der Waals surface area contributed by atoms with Gasteiger partial charge in [-0.1, -0.05) is 87.4 Å². The van der Waals surface area contributed by atoms with Gasteiger partial charge < -0.3 is 4.90 Å². The van der Waals surface area contributed by atoms with Crippen LogP contribution in [0.4, 0.5) is 0 Å². The van der Waals surface area contributed by atoms with Crippen LogP contribution in [0, 0.1) is 5.41 Å². The van der Waals surface area contributed by atoms with Gasteiger partial charge in [-0.05, 0) is 55.9 Å². The average Bonchev–Trinajstić information content (AvgIpc) is 3.20. The summed E-state index contributed by atoms with van der Waals surface area (Å²) in [5, 5.41) is 0. The minimum atomic E-state index is 0.189. The molecular weight excluding hydrogens is 338 g/mol. The molecule has 0 atom stereocenters. The molecule has 1 aromatic rings. The van der Waals surface area contributed by atoms with Gasteiger partial charge in [-0.15, -0.1) is 0 Å². The third-order valence-electron chi connectivity index (χ3n) is 6.28. The molecule has 3 rings (SSSR count). The first-order valence-corrected chi connectivity index (χ1v) is 10.9. The van der Waals surface area contributed by atoms with Crippen LogP contribution in [0.1, 0.15) is 64.9 Å². The van der Waals surface area contributed by atoms with Gasteiger partial charge in [0.05, 0.1) is 0 Å². The van der Waals surface area contributed by atoms with Crippen molar-refractivity contribution in [3.8, 4) is 0 Å². The molecule has 1 saturated carbocycles. The van der Waals surface area contributed by atoms with Crippen LogP contribution in [0.15, 0.2) is 89.8 Å². The van der Waals surface area contributed by atoms with Gasteiger partial charge in [0.25, 0.3) is 0 Å². The maximum Gasteiger partial charge on any atom is 0.0481 e. The Kier molecular flexibility index (Phi) is 6.78. The van der Waals surface area contributed by atoms with Crippen molar-refractivity contribution >= 4 is 0 Å². The molecule has 1 heterocycles. The van der Waals surface area contributed by atoms with Crippen LogP contribution in [0.3, 0.4) is 0 Å². The summed E-state index contributed by atoms with van der Waals surface area (Å²) in [5.41, 5.74) is 7.44. The van der Waals surface area contributed by atoms with Gasteiger partial charge >= 0.3 is 0 Å². The highest BCUT2D eigenvalue weighted by atomic mass is 15.2. The van der Waals surface area contributed by atoms with Gasteiger partial charge in [-0.25, -0.2) is 0 Å². The molecule has 1 nitrogen and oxygen atoms in total. The van der Waals surface area contributed by atoms with Gasteiger partial charge in [-0.2, -0.15) is 0 Å². The fraction of sp³-hybridized carbons (Fsp3) is 0.407. The normalized spacial score (nSPS) is 22.2. The third kappa shape index (κ3) is 3.68. The number of allylic oxidation sites excluding steroid dienone is 7. The summed E-state index contributed by atoms with van der Waals surface area (Å²) in [4.78, 5) is 2.54. The molecule has 1 spiro atoms. The molecule has 1 fully saturated rings. The largest absolute Gasteiger partial charge is 0.337 e. The number of benzene rings is 1. The highest BCUT2D eigenvalue weighted by molar-refractivity contribution is 5.54. The van der Waals surface area contributed by atoms with Crippen LogP contribution in [0.25, 0.3) is 0 Å². The van der Waals surface area contributed by atoms with Crippen LogP contribution in [-0.2, 0) is 6.54 Å². The first kappa shape index (κ1) is 20.5. The molecule has 148 valence electrons. The van der Waals surface area contributed by atoms with E-state index in [9.17, 15) is 0 Å². The Labute approximate surface area is 171 Å². The van der Waals surface area contributed by atoms with Gasteiger partial charge in [0.1, 0.15) is 0 Å². The van der Waals surface area contributed by atoms with Crippen molar-refractivity contribution in [3.63, 3.8) is 0 Å². The second-order valence-electron chi connectivity index (χ2n) is 7.96. The predicted molar refractivity (Wildman–Crippen MR) is 122 cm³/mol. The van der Waals surface area contributed by atoms with Crippen molar-refractivity contribution in [3.05, 3.63) is 95.4 Å². The second kappa shape index (κ2) is 9.28. The second-order valence-corrected chi connectivity index (χ2v) is 7.96. The summed E-state index contributed by atoms with van der Waals surface area (Å²) in [6.07, 6.45) is 18.7. The van der Waals surface area contributed by atoms with Crippen molar-refractivity contribution in [1.82, 2.24) is 4.90 Å². The predicted octanol–water partition coefficient (Wildman–Crippen LogP) is 7.71. The Morgan fingerprint density at radius 3 is 2.39 bits per heavy atom. The molecule has 1 aliphatic carbocycles. The Balaban J connectivity index is 2.25. The van der Waals surface area contributed by atoms with E-state index in [1.54, 1.807) is 5.57 Å². The number of nitrogens with zero attached hydrogens (tertiary/aromatic N) is 1. The first-order valence-electron chi connectivity index (χ1n) is 10.9. The standard InChI is InChI=1S/C27H35N/c1-5-14-23-25(8-4)28(21-22-17-10-9-11-18-22)26(16-7-3)24(15-6-2)27(23)19-12-13-20-27/h5,7-11,14,16-18H,1,6,12-13,15,19-21H2,2-4H3/b16-7-,23-14+,25-8+. The van der Waals surface area contributed by atoms with Crippen LogP contribution < -0.4 is 0 Å². The van der Waals surface area contributed by atoms with E-state index in [2.05, 4.69) is 86.9 Å². The van der Waals surface area contributed by atoms with E-state index in [1.807, 2.05) is 6.08 Å². The average molecular weight is 374 g/mol. The van der Waals surface area contributed by atoms with Gasteiger partial charge in [0, 0.05) is 23.4 Å². The summed E-state index contributed by atoms with van der Waals surface area (Å²) in [6.45, 7) is 11.6. The van der Waals surface area contributed by atoms with E-state index >= 15 is 0 Å². The number of hydrogen-bond donors (Lipinski definition) is 0. The maximum atomic E-state index is 4.06. The van der Waals surface area contributed by atoms with E-state index < -0.39 is 0 Å². The van der Waals surface area contributed by atoms with E-state index in [1.165, 1.54) is 54.6 Å². The Hall–Kier alpha value is -2.28. The number of rotatable bonds is 6. The van der Waals surface area contributed by atoms with Gasteiger partial charge in [0.2, 0.25) is 0 Å². The summed E-state index contributed by atoms with van der Waals surface area (Å²) < 4.78 is 0. The minimum absolute atomic E-state index is 0.189. The van der Waals surface area contributed by atoms with Crippen molar-refractivity contribution in [2.45, 2.75) is 65.8 Å². The van der Waals surface area contributed by atoms with Crippen LogP contribution in [-0.4, -0.2) is 4.90 Å². The Morgan fingerprint density at radius 2 is 1.82 bits per heavy atom. The lowest BCUT2D eigenvalue weighted by Crippen LogP contribution is -2.38. The molecule has 0 aromatic heterocycles. The molecule has 1 aromatic carbocycles. The Morgan fingerprint density at radius 1 is 1.11 bits per heavy atom. The quantitative estimate of drug-likeness (QED) is 0.493. The van der Waals surface area contributed by atoms with Gasteiger partial charge in [0.15, 0.2) is 0 Å². The lowest BCUT2D eigenvalue weighted by molar-refractivity contribution is 0.324. The molecule has 0 bridgehead atoms. The van der Waals surface area contributed by atoms with Crippen LogP contribution >= 0.6 is 0 Å². The van der Waals surface area contributed by atoms with Gasteiger partial charge in [-0.3, -0.25) is 0 Å². The molecule has 0 radical (unpaired) electrons. The van der Waals surface area contributed by atoms with E-state index in [4.69, 9.17) is 0 Å². The summed E-state index contributed by atoms with van der Waals surface area (Å²) in [6, 6.07) is 10.8. The zero-order valence-electron chi connectivity index (χ0n) is 17.9. The maximum absolute atomic E-state index is 4.06. The zero-order chi connectivity index (χ0) is 20.0. The highest BCUT2D eigenvalue weighted by Gasteiger charge is 2.47. The van der Waals surface area contributed by atoms with E-state index in [-0.39, 0.29) is 5.41 Å². The molecule has 28 heavy (non-hydrogen) atoms. The molecular formula is C27H35N. The van der Waals surface area contributed by atoms with Crippen molar-refractivity contribution in [2.75, 3.05) is 0 Å². The summed E-state index contributed by atoms with van der Waals surface area (Å²) in [5.74, 6) is 0. The minimum Gasteiger partial charge on any atom is -0.337 e. The molecule has 0 N–H and O–H groups in total. The lowest BCUT2D eigenvalue weighted by Gasteiger charge is -2.47. The molecule has 1 heteroatoms. The smallest absolute Gasteiger partial charge is 0.0481 e. The lowest BCUT2D eigenvalue weighted by atomic mass is 9.66. The van der Waals surface area contributed by atoms with Crippen molar-refractivity contribution < 1.29 is 0 Å². The molecule has 2 aliphatic rings. The summed E-state index contributed by atoms with van der Waals surface area (Å²) >= 11 is 0. The molecule has 0 unspecified atom stereocenters. The van der Waals surface area contributed by atoms with E-state index in [0.29, 0.717) is 0 Å². The third-order valence-corrected chi connectivity index (χ3v) is 6.28. The Bertz CT molecular complexity index is 798. The fourth-order valence-corrected chi connectivity index (χ4v) is 5.22. The molecule has 0 saturated heterocycles. The van der Waals surface area contributed by atoms with Crippen molar-refractivity contribution in [1.29, 1.82) is 0 Å².